The highest BCUT2D eigenvalue weighted by molar-refractivity contribution is 5.96. The molecule has 7 nitrogen and oxygen atoms in total. The Bertz CT molecular complexity index is 940. The molecule has 0 aliphatic carbocycles. The van der Waals surface area contributed by atoms with Gasteiger partial charge in [0.25, 0.3) is 5.91 Å². The Morgan fingerprint density at radius 2 is 1.83 bits per heavy atom. The van der Waals surface area contributed by atoms with E-state index in [1.165, 1.54) is 0 Å². The molecule has 0 atom stereocenters. The molecule has 7 heteroatoms. The molecule has 1 aromatic carbocycles. The Kier molecular flexibility index (Phi) is 5.97. The van der Waals surface area contributed by atoms with E-state index in [-0.39, 0.29) is 5.91 Å². The number of hydrogen-bond acceptors (Lipinski definition) is 6. The van der Waals surface area contributed by atoms with E-state index < -0.39 is 0 Å². The summed E-state index contributed by atoms with van der Waals surface area (Å²) in [5, 5.41) is 3.22. The van der Waals surface area contributed by atoms with E-state index in [0.29, 0.717) is 43.5 Å². The van der Waals surface area contributed by atoms with Gasteiger partial charge >= 0.3 is 0 Å². The number of carbonyl (C=O) groups excluding carboxylic acids is 1. The monoisotopic (exact) mass is 390 g/mol. The number of aromatic nitrogens is 2. The van der Waals surface area contributed by atoms with Crippen LogP contribution in [-0.2, 0) is 4.74 Å². The SMILES string of the molecule is O=C(c1cccnc1Oc1ccc(Nc2ccccn2)cc1)N1CCCOCC1. The molecule has 1 aliphatic rings. The Labute approximate surface area is 169 Å². The fourth-order valence-corrected chi connectivity index (χ4v) is 3.06. The van der Waals surface area contributed by atoms with Crippen LogP contribution in [0.5, 0.6) is 11.6 Å². The number of hydrogen-bond donors (Lipinski definition) is 1. The number of nitrogens with zero attached hydrogens (tertiary/aromatic N) is 3. The molecule has 1 aliphatic heterocycles. The third-order valence-corrected chi connectivity index (χ3v) is 4.52. The van der Waals surface area contributed by atoms with Crippen molar-refractivity contribution in [3.63, 3.8) is 0 Å². The maximum Gasteiger partial charge on any atom is 0.259 e. The van der Waals surface area contributed by atoms with Gasteiger partial charge in [-0.3, -0.25) is 4.79 Å². The lowest BCUT2D eigenvalue weighted by molar-refractivity contribution is 0.0738. The summed E-state index contributed by atoms with van der Waals surface area (Å²) >= 11 is 0. The van der Waals surface area contributed by atoms with Crippen molar-refractivity contribution in [2.75, 3.05) is 31.6 Å². The maximum absolute atomic E-state index is 13.0. The van der Waals surface area contributed by atoms with E-state index in [4.69, 9.17) is 9.47 Å². The van der Waals surface area contributed by atoms with Crippen molar-refractivity contribution < 1.29 is 14.3 Å². The van der Waals surface area contributed by atoms with Crippen LogP contribution in [0.4, 0.5) is 11.5 Å². The van der Waals surface area contributed by atoms with Crippen molar-refractivity contribution in [2.45, 2.75) is 6.42 Å². The Morgan fingerprint density at radius 3 is 2.66 bits per heavy atom. The predicted octanol–water partition coefficient (Wildman–Crippen LogP) is 3.88. The summed E-state index contributed by atoms with van der Waals surface area (Å²) in [6.07, 6.45) is 4.18. The summed E-state index contributed by atoms with van der Waals surface area (Å²) < 4.78 is 11.4. The highest BCUT2D eigenvalue weighted by atomic mass is 16.5. The third kappa shape index (κ3) is 4.89. The Morgan fingerprint density at radius 1 is 0.966 bits per heavy atom. The van der Waals surface area contributed by atoms with E-state index in [0.717, 1.165) is 17.9 Å². The number of ether oxygens (including phenoxy) is 2. The van der Waals surface area contributed by atoms with Crippen molar-refractivity contribution in [2.24, 2.45) is 0 Å². The van der Waals surface area contributed by atoms with Gasteiger partial charge in [0.1, 0.15) is 17.1 Å². The minimum atomic E-state index is -0.0907. The standard InChI is InChI=1S/C22H22N4O3/c27-22(26-13-4-15-28-16-14-26)19-5-3-12-24-21(19)29-18-9-7-17(8-10-18)25-20-6-1-2-11-23-20/h1-3,5-12H,4,13-16H2,(H,23,25). The summed E-state index contributed by atoms with van der Waals surface area (Å²) in [5.74, 6) is 1.57. The second kappa shape index (κ2) is 9.16. The third-order valence-electron chi connectivity index (χ3n) is 4.52. The summed E-state index contributed by atoms with van der Waals surface area (Å²) in [4.78, 5) is 23.3. The van der Waals surface area contributed by atoms with E-state index in [9.17, 15) is 4.79 Å². The van der Waals surface area contributed by atoms with Crippen molar-refractivity contribution >= 4 is 17.4 Å². The molecule has 1 N–H and O–H groups in total. The average Bonchev–Trinajstić information content (AvgIpc) is 3.05. The van der Waals surface area contributed by atoms with Crippen LogP contribution in [0.3, 0.4) is 0 Å². The van der Waals surface area contributed by atoms with E-state index in [1.54, 1.807) is 29.4 Å². The highest BCUT2D eigenvalue weighted by Crippen LogP contribution is 2.26. The van der Waals surface area contributed by atoms with Gasteiger partial charge in [0, 0.05) is 37.8 Å². The van der Waals surface area contributed by atoms with E-state index >= 15 is 0 Å². The van der Waals surface area contributed by atoms with Crippen molar-refractivity contribution in [1.82, 2.24) is 14.9 Å². The van der Waals surface area contributed by atoms with Crippen LogP contribution in [0.1, 0.15) is 16.8 Å². The van der Waals surface area contributed by atoms with Crippen LogP contribution in [0.25, 0.3) is 0 Å². The van der Waals surface area contributed by atoms with E-state index in [2.05, 4.69) is 15.3 Å². The van der Waals surface area contributed by atoms with Crippen molar-refractivity contribution in [1.29, 1.82) is 0 Å². The largest absolute Gasteiger partial charge is 0.438 e. The maximum atomic E-state index is 13.0. The van der Waals surface area contributed by atoms with Gasteiger partial charge in [-0.25, -0.2) is 9.97 Å². The van der Waals surface area contributed by atoms with Crippen LogP contribution in [-0.4, -0.2) is 47.1 Å². The first-order chi connectivity index (χ1) is 14.3. The molecule has 3 heterocycles. The average molecular weight is 390 g/mol. The minimum Gasteiger partial charge on any atom is -0.438 e. The number of benzene rings is 1. The summed E-state index contributed by atoms with van der Waals surface area (Å²) in [5.41, 5.74) is 1.34. The number of anilines is 2. The van der Waals surface area contributed by atoms with Gasteiger partial charge in [-0.1, -0.05) is 6.07 Å². The van der Waals surface area contributed by atoms with Gasteiger partial charge in [-0.2, -0.15) is 0 Å². The summed E-state index contributed by atoms with van der Waals surface area (Å²) in [6.45, 7) is 2.47. The van der Waals surface area contributed by atoms with Gasteiger partial charge in [0.05, 0.1) is 6.61 Å². The highest BCUT2D eigenvalue weighted by Gasteiger charge is 2.22. The van der Waals surface area contributed by atoms with Gasteiger partial charge in [-0.05, 0) is 55.0 Å². The molecule has 0 spiro atoms. The molecule has 4 rings (SSSR count). The number of carbonyl (C=O) groups is 1. The minimum absolute atomic E-state index is 0.0907. The molecule has 29 heavy (non-hydrogen) atoms. The number of pyridine rings is 2. The molecule has 1 fully saturated rings. The van der Waals surface area contributed by atoms with Gasteiger partial charge in [0.2, 0.25) is 5.88 Å². The number of nitrogens with one attached hydrogen (secondary N) is 1. The topological polar surface area (TPSA) is 76.6 Å². The van der Waals surface area contributed by atoms with Crippen LogP contribution in [0.2, 0.25) is 0 Å². The molecule has 1 saturated heterocycles. The lowest BCUT2D eigenvalue weighted by atomic mass is 10.2. The molecule has 2 aromatic heterocycles. The molecule has 0 saturated carbocycles. The lowest BCUT2D eigenvalue weighted by Gasteiger charge is -2.20. The predicted molar refractivity (Wildman–Crippen MR) is 110 cm³/mol. The zero-order valence-corrected chi connectivity index (χ0v) is 16.0. The van der Waals surface area contributed by atoms with Crippen LogP contribution < -0.4 is 10.1 Å². The molecule has 1 amide bonds. The summed E-state index contributed by atoms with van der Waals surface area (Å²) in [7, 11) is 0. The smallest absolute Gasteiger partial charge is 0.259 e. The molecule has 0 radical (unpaired) electrons. The van der Waals surface area contributed by atoms with Crippen LogP contribution in [0, 0.1) is 0 Å². The van der Waals surface area contributed by atoms with Gasteiger partial charge in [0.15, 0.2) is 0 Å². The Balaban J connectivity index is 1.47. The zero-order chi connectivity index (χ0) is 19.9. The van der Waals surface area contributed by atoms with Gasteiger partial charge < -0.3 is 19.7 Å². The molecule has 148 valence electrons. The molecule has 0 bridgehead atoms. The quantitative estimate of drug-likeness (QED) is 0.713. The van der Waals surface area contributed by atoms with Crippen molar-refractivity contribution in [3.05, 3.63) is 72.6 Å². The molecule has 3 aromatic rings. The summed E-state index contributed by atoms with van der Waals surface area (Å²) in [6, 6.07) is 16.6. The number of rotatable bonds is 5. The first-order valence-electron chi connectivity index (χ1n) is 9.57. The first kappa shape index (κ1) is 18.9. The first-order valence-corrected chi connectivity index (χ1v) is 9.57. The van der Waals surface area contributed by atoms with Gasteiger partial charge in [-0.15, -0.1) is 0 Å². The second-order valence-corrected chi connectivity index (χ2v) is 6.58. The zero-order valence-electron chi connectivity index (χ0n) is 16.0. The number of amides is 1. The Hall–Kier alpha value is -3.45. The fourth-order valence-electron chi connectivity index (χ4n) is 3.06. The van der Waals surface area contributed by atoms with Crippen LogP contribution in [0.15, 0.2) is 67.0 Å². The fraction of sp³-hybridized carbons (Fsp3) is 0.227. The normalized spacial score (nSPS) is 14.1. The molecular weight excluding hydrogens is 368 g/mol. The lowest BCUT2D eigenvalue weighted by Crippen LogP contribution is -2.33. The van der Waals surface area contributed by atoms with E-state index in [1.807, 2.05) is 42.5 Å². The molecular formula is C22H22N4O3. The molecule has 0 unspecified atom stereocenters. The second-order valence-electron chi connectivity index (χ2n) is 6.58. The van der Waals surface area contributed by atoms with Crippen LogP contribution >= 0.6 is 0 Å². The van der Waals surface area contributed by atoms with Crippen molar-refractivity contribution in [3.8, 4) is 11.6 Å².